The van der Waals surface area contributed by atoms with E-state index < -0.39 is 0 Å². The lowest BCUT2D eigenvalue weighted by Crippen LogP contribution is -2.50. The van der Waals surface area contributed by atoms with Gasteiger partial charge < -0.3 is 5.32 Å². The highest BCUT2D eigenvalue weighted by Crippen LogP contribution is 2.41. The molecular formula is C13H18BrN. The Labute approximate surface area is 100 Å². The van der Waals surface area contributed by atoms with E-state index >= 15 is 0 Å². The maximum Gasteiger partial charge on any atom is 0.0436 e. The van der Waals surface area contributed by atoms with Crippen molar-refractivity contribution in [3.05, 3.63) is 34.3 Å². The van der Waals surface area contributed by atoms with Gasteiger partial charge in [0.05, 0.1) is 0 Å². The van der Waals surface area contributed by atoms with E-state index in [2.05, 4.69) is 59.4 Å². The van der Waals surface area contributed by atoms with Gasteiger partial charge in [0.25, 0.3) is 0 Å². The van der Waals surface area contributed by atoms with Crippen LogP contribution in [0.4, 0.5) is 0 Å². The fourth-order valence-corrected chi connectivity index (χ4v) is 2.63. The predicted molar refractivity (Wildman–Crippen MR) is 67.9 cm³/mol. The van der Waals surface area contributed by atoms with Crippen LogP contribution in [0.5, 0.6) is 0 Å². The molecule has 0 saturated heterocycles. The molecule has 0 heterocycles. The van der Waals surface area contributed by atoms with Crippen LogP contribution in [0, 0.1) is 0 Å². The van der Waals surface area contributed by atoms with E-state index in [-0.39, 0.29) is 5.54 Å². The second-order valence-electron chi connectivity index (χ2n) is 4.74. The lowest BCUT2D eigenvalue weighted by molar-refractivity contribution is 0.171. The maximum atomic E-state index is 3.71. The van der Waals surface area contributed by atoms with Gasteiger partial charge in [-0.25, -0.2) is 0 Å². The van der Waals surface area contributed by atoms with Crippen molar-refractivity contribution >= 4 is 15.9 Å². The van der Waals surface area contributed by atoms with Crippen LogP contribution in [0.3, 0.4) is 0 Å². The topological polar surface area (TPSA) is 12.0 Å². The Balaban J connectivity index is 2.22. The second-order valence-corrected chi connectivity index (χ2v) is 5.66. The van der Waals surface area contributed by atoms with Gasteiger partial charge in [0.1, 0.15) is 0 Å². The van der Waals surface area contributed by atoms with E-state index in [0.29, 0.717) is 6.04 Å². The zero-order valence-electron chi connectivity index (χ0n) is 9.39. The Hall–Kier alpha value is -0.340. The van der Waals surface area contributed by atoms with Gasteiger partial charge in [-0.05, 0) is 37.0 Å². The zero-order valence-corrected chi connectivity index (χ0v) is 11.0. The van der Waals surface area contributed by atoms with Crippen LogP contribution in [-0.2, 0) is 5.54 Å². The van der Waals surface area contributed by atoms with Gasteiger partial charge in [0, 0.05) is 16.1 Å². The number of nitrogens with one attached hydrogen (secondary N) is 1. The molecule has 0 bridgehead atoms. The minimum atomic E-state index is 0.259. The van der Waals surface area contributed by atoms with Crippen LogP contribution >= 0.6 is 15.9 Å². The molecule has 2 heteroatoms. The van der Waals surface area contributed by atoms with Gasteiger partial charge in [0.15, 0.2) is 0 Å². The average molecular weight is 268 g/mol. The van der Waals surface area contributed by atoms with E-state index in [0.717, 1.165) is 4.47 Å². The quantitative estimate of drug-likeness (QED) is 0.878. The van der Waals surface area contributed by atoms with E-state index in [9.17, 15) is 0 Å². The number of halogens is 1. The monoisotopic (exact) mass is 267 g/mol. The van der Waals surface area contributed by atoms with Crippen LogP contribution in [0.15, 0.2) is 28.7 Å². The minimum absolute atomic E-state index is 0.259. The Morgan fingerprint density at radius 3 is 2.20 bits per heavy atom. The molecule has 1 nitrogen and oxygen atoms in total. The molecule has 15 heavy (non-hydrogen) atoms. The number of hydrogen-bond acceptors (Lipinski definition) is 1. The van der Waals surface area contributed by atoms with Gasteiger partial charge in [0.2, 0.25) is 0 Å². The molecule has 2 rings (SSSR count). The average Bonchev–Trinajstić information content (AvgIpc) is 2.13. The fourth-order valence-electron chi connectivity index (χ4n) is 2.37. The van der Waals surface area contributed by atoms with Crippen LogP contribution in [-0.4, -0.2) is 6.04 Å². The fraction of sp³-hybridized carbons (Fsp3) is 0.538. The van der Waals surface area contributed by atoms with Crippen molar-refractivity contribution in [3.8, 4) is 0 Å². The first kappa shape index (κ1) is 11.2. The van der Waals surface area contributed by atoms with E-state index in [4.69, 9.17) is 0 Å². The molecule has 0 radical (unpaired) electrons. The molecule has 0 unspecified atom stereocenters. The summed E-state index contributed by atoms with van der Waals surface area (Å²) in [5.74, 6) is 0. The summed E-state index contributed by atoms with van der Waals surface area (Å²) in [7, 11) is 0. The van der Waals surface area contributed by atoms with Gasteiger partial charge in [-0.15, -0.1) is 0 Å². The SMILES string of the molecule is CC(C)NC1(c2ccc(Br)cc2)CCC1. The first-order chi connectivity index (χ1) is 7.12. The van der Waals surface area contributed by atoms with E-state index in [1.165, 1.54) is 24.8 Å². The van der Waals surface area contributed by atoms with Gasteiger partial charge in [-0.1, -0.05) is 41.9 Å². The van der Waals surface area contributed by atoms with Crippen LogP contribution in [0.1, 0.15) is 38.7 Å². The van der Waals surface area contributed by atoms with Crippen molar-refractivity contribution in [2.24, 2.45) is 0 Å². The second kappa shape index (κ2) is 4.26. The third-order valence-corrected chi connectivity index (χ3v) is 3.70. The van der Waals surface area contributed by atoms with Gasteiger partial charge >= 0.3 is 0 Å². The highest BCUT2D eigenvalue weighted by molar-refractivity contribution is 9.10. The molecule has 1 fully saturated rings. The molecule has 0 atom stereocenters. The van der Waals surface area contributed by atoms with Crippen molar-refractivity contribution in [2.45, 2.75) is 44.7 Å². The molecule has 1 aromatic carbocycles. The summed E-state index contributed by atoms with van der Waals surface area (Å²) in [5.41, 5.74) is 1.69. The summed E-state index contributed by atoms with van der Waals surface area (Å²) < 4.78 is 1.16. The zero-order chi connectivity index (χ0) is 10.9. The highest BCUT2D eigenvalue weighted by atomic mass is 79.9. The van der Waals surface area contributed by atoms with E-state index in [1.54, 1.807) is 0 Å². The van der Waals surface area contributed by atoms with E-state index in [1.807, 2.05) is 0 Å². The van der Waals surface area contributed by atoms with Gasteiger partial charge in [-0.3, -0.25) is 0 Å². The third kappa shape index (κ3) is 2.26. The Kier molecular flexibility index (Phi) is 3.17. The molecule has 0 amide bonds. The molecule has 0 spiro atoms. The predicted octanol–water partition coefficient (Wildman–Crippen LogP) is 3.83. The van der Waals surface area contributed by atoms with Crippen LogP contribution in [0.25, 0.3) is 0 Å². The normalized spacial score (nSPS) is 18.9. The third-order valence-electron chi connectivity index (χ3n) is 3.17. The smallest absolute Gasteiger partial charge is 0.0436 e. The van der Waals surface area contributed by atoms with Crippen molar-refractivity contribution < 1.29 is 0 Å². The summed E-state index contributed by atoms with van der Waals surface area (Å²) in [6.07, 6.45) is 3.88. The molecule has 0 aliphatic heterocycles. The van der Waals surface area contributed by atoms with Crippen molar-refractivity contribution in [1.29, 1.82) is 0 Å². The Morgan fingerprint density at radius 1 is 1.20 bits per heavy atom. The van der Waals surface area contributed by atoms with Crippen LogP contribution < -0.4 is 5.32 Å². The van der Waals surface area contributed by atoms with Crippen molar-refractivity contribution in [1.82, 2.24) is 5.32 Å². The van der Waals surface area contributed by atoms with Crippen molar-refractivity contribution in [2.75, 3.05) is 0 Å². The summed E-state index contributed by atoms with van der Waals surface area (Å²) in [6, 6.07) is 9.29. The molecule has 1 saturated carbocycles. The molecule has 1 aromatic rings. The lowest BCUT2D eigenvalue weighted by Gasteiger charge is -2.45. The molecular weight excluding hydrogens is 250 g/mol. The first-order valence-electron chi connectivity index (χ1n) is 5.66. The molecule has 0 aromatic heterocycles. The summed E-state index contributed by atoms with van der Waals surface area (Å²) in [6.45, 7) is 4.44. The Bertz CT molecular complexity index is 325. The molecule has 1 aliphatic rings. The summed E-state index contributed by atoms with van der Waals surface area (Å²) in [4.78, 5) is 0. The summed E-state index contributed by atoms with van der Waals surface area (Å²) >= 11 is 3.48. The Morgan fingerprint density at radius 2 is 1.80 bits per heavy atom. The highest BCUT2D eigenvalue weighted by Gasteiger charge is 2.38. The van der Waals surface area contributed by atoms with Gasteiger partial charge in [-0.2, -0.15) is 0 Å². The lowest BCUT2D eigenvalue weighted by atomic mass is 9.71. The maximum absolute atomic E-state index is 3.71. The first-order valence-corrected chi connectivity index (χ1v) is 6.45. The molecule has 1 aliphatic carbocycles. The molecule has 82 valence electrons. The standard InChI is InChI=1S/C13H18BrN/c1-10(2)15-13(8-3-9-13)11-4-6-12(14)7-5-11/h4-7,10,15H,3,8-9H2,1-2H3. The molecule has 1 N–H and O–H groups in total. The van der Waals surface area contributed by atoms with Crippen LogP contribution in [0.2, 0.25) is 0 Å². The number of hydrogen-bond donors (Lipinski definition) is 1. The summed E-state index contributed by atoms with van der Waals surface area (Å²) in [5, 5.41) is 3.71. The van der Waals surface area contributed by atoms with Crippen molar-refractivity contribution in [3.63, 3.8) is 0 Å². The largest absolute Gasteiger partial charge is 0.305 e. The number of rotatable bonds is 3. The minimum Gasteiger partial charge on any atom is -0.305 e. The number of benzene rings is 1.